The number of aromatic hydroxyl groups is 1. The summed E-state index contributed by atoms with van der Waals surface area (Å²) in [5.74, 6) is 0.906. The molecule has 8 nitrogen and oxygen atoms in total. The molecule has 3 aromatic rings. The molecule has 9 heteroatoms. The lowest BCUT2D eigenvalue weighted by atomic mass is 10.2. The zero-order valence-corrected chi connectivity index (χ0v) is 18.6. The predicted molar refractivity (Wildman–Crippen MR) is 124 cm³/mol. The van der Waals surface area contributed by atoms with Crippen molar-refractivity contribution in [2.45, 2.75) is 26.4 Å². The van der Waals surface area contributed by atoms with Crippen LogP contribution in [0, 0.1) is 4.77 Å². The highest BCUT2D eigenvalue weighted by molar-refractivity contribution is 7.71. The zero-order valence-electron chi connectivity index (χ0n) is 17.8. The topological polar surface area (TPSA) is 106 Å². The smallest absolute Gasteiger partial charge is 0.411 e. The lowest BCUT2D eigenvalue weighted by Crippen LogP contribution is -2.29. The fourth-order valence-electron chi connectivity index (χ4n) is 2.72. The third kappa shape index (κ3) is 5.86. The van der Waals surface area contributed by atoms with Crippen LogP contribution < -0.4 is 15.6 Å². The van der Waals surface area contributed by atoms with Gasteiger partial charge < -0.3 is 14.6 Å². The summed E-state index contributed by atoms with van der Waals surface area (Å²) in [6.45, 7) is 5.19. The number of alkyl carbamates (subject to hydrolysis) is 1. The van der Waals surface area contributed by atoms with E-state index in [0.717, 1.165) is 0 Å². The van der Waals surface area contributed by atoms with Crippen molar-refractivity contribution < 1.29 is 19.4 Å². The number of H-pyrrole nitrogens is 1. The third-order valence-corrected chi connectivity index (χ3v) is 4.33. The molecule has 0 aliphatic rings. The average Bonchev–Trinajstić information content (AvgIpc) is 2.71. The number of hydrogen-bond donors (Lipinski definition) is 3. The number of nitrogens with zero attached hydrogens (tertiary/aromatic N) is 1. The van der Waals surface area contributed by atoms with Crippen LogP contribution >= 0.6 is 12.2 Å². The van der Waals surface area contributed by atoms with Gasteiger partial charge in [-0.05, 0) is 75.5 Å². The summed E-state index contributed by atoms with van der Waals surface area (Å²) < 4.78 is 12.2. The Bertz CT molecular complexity index is 1240. The van der Waals surface area contributed by atoms with E-state index in [0.29, 0.717) is 17.2 Å². The maximum absolute atomic E-state index is 12.3. The highest BCUT2D eigenvalue weighted by Crippen LogP contribution is 2.25. The molecule has 1 aromatic heterocycles. The first-order valence-electron chi connectivity index (χ1n) is 9.72. The van der Waals surface area contributed by atoms with Crippen LogP contribution in [0.3, 0.4) is 0 Å². The molecule has 1 heterocycles. The number of rotatable bonds is 5. The van der Waals surface area contributed by atoms with E-state index in [1.165, 1.54) is 16.8 Å². The molecule has 166 valence electrons. The molecule has 0 spiro atoms. The summed E-state index contributed by atoms with van der Waals surface area (Å²) >= 11 is 5.22. The van der Waals surface area contributed by atoms with E-state index < -0.39 is 17.3 Å². The maximum Gasteiger partial charge on any atom is 0.411 e. The molecule has 3 N–H and O–H groups in total. The third-order valence-electron chi connectivity index (χ3n) is 4.04. The molecule has 3 rings (SSSR count). The fourth-order valence-corrected chi connectivity index (χ4v) is 3.00. The Morgan fingerprint density at radius 3 is 2.34 bits per heavy atom. The van der Waals surface area contributed by atoms with Crippen LogP contribution in [0.1, 0.15) is 26.3 Å². The lowest BCUT2D eigenvalue weighted by Gasteiger charge is -2.18. The molecule has 0 bridgehead atoms. The molecule has 2 aromatic carbocycles. The van der Waals surface area contributed by atoms with Gasteiger partial charge in [-0.3, -0.25) is 19.7 Å². The lowest BCUT2D eigenvalue weighted by molar-refractivity contribution is 0.0553. The van der Waals surface area contributed by atoms with Gasteiger partial charge in [0.05, 0.1) is 5.69 Å². The van der Waals surface area contributed by atoms with Crippen LogP contribution in [0.4, 0.5) is 4.79 Å². The Morgan fingerprint density at radius 2 is 1.72 bits per heavy atom. The number of carbonyl (C=O) groups excluding carboxylic acids is 1. The maximum atomic E-state index is 12.3. The second-order valence-electron chi connectivity index (χ2n) is 7.72. The van der Waals surface area contributed by atoms with Crippen LogP contribution in [-0.4, -0.2) is 26.4 Å². The molecular formula is C23H23N3O5S. The molecule has 0 saturated carbocycles. The molecule has 0 aliphatic heterocycles. The van der Waals surface area contributed by atoms with E-state index in [9.17, 15) is 14.7 Å². The van der Waals surface area contributed by atoms with Gasteiger partial charge in [0.25, 0.3) is 5.56 Å². The Kier molecular flexibility index (Phi) is 6.79. The number of amides is 1. The minimum atomic E-state index is -0.688. The predicted octanol–water partition coefficient (Wildman–Crippen LogP) is 4.89. The average molecular weight is 454 g/mol. The van der Waals surface area contributed by atoms with Gasteiger partial charge in [0.2, 0.25) is 5.88 Å². The molecule has 0 radical (unpaired) electrons. The number of hydrogen-bond acceptors (Lipinski definition) is 6. The van der Waals surface area contributed by atoms with Gasteiger partial charge in [-0.25, -0.2) is 4.79 Å². The summed E-state index contributed by atoms with van der Waals surface area (Å²) in [5.41, 5.74) is -0.839. The van der Waals surface area contributed by atoms with Gasteiger partial charge in [-0.15, -0.1) is 0 Å². The molecule has 1 amide bonds. The largest absolute Gasteiger partial charge is 0.494 e. The monoisotopic (exact) mass is 453 g/mol. The Hall–Kier alpha value is -3.85. The van der Waals surface area contributed by atoms with E-state index >= 15 is 0 Å². The second kappa shape index (κ2) is 9.52. The molecule has 32 heavy (non-hydrogen) atoms. The minimum Gasteiger partial charge on any atom is -0.494 e. The van der Waals surface area contributed by atoms with Crippen molar-refractivity contribution in [1.29, 1.82) is 0 Å². The quantitative estimate of drug-likeness (QED) is 0.475. The molecule has 0 saturated heterocycles. The van der Waals surface area contributed by atoms with Crippen LogP contribution in [0.15, 0.2) is 65.6 Å². The molecule has 0 aliphatic carbocycles. The summed E-state index contributed by atoms with van der Waals surface area (Å²) in [4.78, 5) is 26.6. The zero-order chi connectivity index (χ0) is 23.3. The van der Waals surface area contributed by atoms with E-state index in [-0.39, 0.29) is 16.2 Å². The summed E-state index contributed by atoms with van der Waals surface area (Å²) in [7, 11) is 0. The second-order valence-corrected chi connectivity index (χ2v) is 8.11. The van der Waals surface area contributed by atoms with Gasteiger partial charge in [0.1, 0.15) is 22.7 Å². The van der Waals surface area contributed by atoms with Gasteiger partial charge in [0, 0.05) is 6.20 Å². The number of para-hydroxylation sites is 1. The van der Waals surface area contributed by atoms with Crippen molar-refractivity contribution in [1.82, 2.24) is 14.9 Å². The number of carbonyl (C=O) groups is 1. The van der Waals surface area contributed by atoms with Gasteiger partial charge in [0.15, 0.2) is 4.77 Å². The van der Waals surface area contributed by atoms with Crippen molar-refractivity contribution >= 4 is 24.4 Å². The van der Waals surface area contributed by atoms with Crippen LogP contribution in [0.25, 0.3) is 11.8 Å². The van der Waals surface area contributed by atoms with Crippen molar-refractivity contribution in [3.05, 3.63) is 81.5 Å². The Morgan fingerprint density at radius 1 is 1.09 bits per heavy atom. The SMILES string of the molecule is CC(C)(C)OC(=O)NC=Cc1c(O)n(-c2ccc(Oc3ccccc3)cc2)c(=S)[nH]c1=O. The molecule has 0 atom stereocenters. The first kappa shape index (κ1) is 22.8. The minimum absolute atomic E-state index is 0.0153. The number of ether oxygens (including phenoxy) is 2. The van der Waals surface area contributed by atoms with Crippen LogP contribution in [0.5, 0.6) is 17.4 Å². The number of aromatic nitrogens is 2. The fraction of sp³-hybridized carbons (Fsp3) is 0.174. The van der Waals surface area contributed by atoms with Crippen molar-refractivity contribution in [2.75, 3.05) is 0 Å². The van der Waals surface area contributed by atoms with E-state index in [2.05, 4.69) is 10.3 Å². The summed E-state index contributed by atoms with van der Waals surface area (Å²) in [6.07, 6.45) is 1.78. The first-order chi connectivity index (χ1) is 15.1. The van der Waals surface area contributed by atoms with Crippen molar-refractivity contribution in [3.63, 3.8) is 0 Å². The normalized spacial score (nSPS) is 11.3. The Labute approximate surface area is 189 Å². The van der Waals surface area contributed by atoms with E-state index in [1.807, 2.05) is 30.3 Å². The van der Waals surface area contributed by atoms with Gasteiger partial charge in [-0.2, -0.15) is 0 Å². The van der Waals surface area contributed by atoms with E-state index in [4.69, 9.17) is 21.7 Å². The first-order valence-corrected chi connectivity index (χ1v) is 10.1. The summed E-state index contributed by atoms with van der Waals surface area (Å²) in [6, 6.07) is 16.1. The van der Waals surface area contributed by atoms with E-state index in [1.54, 1.807) is 45.0 Å². The molecule has 0 fully saturated rings. The van der Waals surface area contributed by atoms with Crippen LogP contribution in [-0.2, 0) is 4.74 Å². The van der Waals surface area contributed by atoms with Gasteiger partial charge in [-0.1, -0.05) is 18.2 Å². The number of aromatic amines is 1. The molecular weight excluding hydrogens is 430 g/mol. The Balaban J connectivity index is 1.85. The summed E-state index contributed by atoms with van der Waals surface area (Å²) in [5, 5.41) is 13.1. The van der Waals surface area contributed by atoms with Crippen molar-refractivity contribution in [3.8, 4) is 23.1 Å². The van der Waals surface area contributed by atoms with Crippen molar-refractivity contribution in [2.24, 2.45) is 0 Å². The number of benzene rings is 2. The van der Waals surface area contributed by atoms with Gasteiger partial charge >= 0.3 is 6.09 Å². The van der Waals surface area contributed by atoms with Crippen LogP contribution in [0.2, 0.25) is 0 Å². The highest BCUT2D eigenvalue weighted by atomic mass is 32.1. The highest BCUT2D eigenvalue weighted by Gasteiger charge is 2.16. The standard InChI is InChI=1S/C23H23N3O5S/c1-23(2,3)31-22(29)24-14-13-18-19(27)25-21(32)26(20(18)28)15-9-11-17(12-10-15)30-16-7-5-4-6-8-16/h4-14,28H,1-3H3,(H,24,29)(H,25,27,32). The molecule has 0 unspecified atom stereocenters. The number of nitrogens with one attached hydrogen (secondary N) is 2.